The summed E-state index contributed by atoms with van der Waals surface area (Å²) in [7, 11) is 0. The van der Waals surface area contributed by atoms with Gasteiger partial charge in [0, 0.05) is 13.1 Å². The van der Waals surface area contributed by atoms with Gasteiger partial charge in [-0.3, -0.25) is 0 Å². The molecule has 0 aromatic rings. The number of nitrogens with zero attached hydrogens (tertiary/aromatic N) is 1. The first kappa shape index (κ1) is 5.06. The van der Waals surface area contributed by atoms with E-state index in [0.29, 0.717) is 12.6 Å². The summed E-state index contributed by atoms with van der Waals surface area (Å²) >= 11 is 0. The van der Waals surface area contributed by atoms with Crippen LogP contribution in [0.3, 0.4) is 0 Å². The van der Waals surface area contributed by atoms with Crippen LogP contribution < -0.4 is 5.32 Å². The van der Waals surface area contributed by atoms with Crippen molar-refractivity contribution >= 4 is 0 Å². The minimum atomic E-state index is 0.547. The quantitative estimate of drug-likeness (QED) is 0.465. The van der Waals surface area contributed by atoms with E-state index in [1.807, 2.05) is 0 Å². The maximum absolute atomic E-state index is 8.73. The van der Waals surface area contributed by atoms with E-state index < -0.39 is 0 Å². The fourth-order valence-electron chi connectivity index (χ4n) is 0.682. The van der Waals surface area contributed by atoms with E-state index in [0.717, 1.165) is 19.4 Å². The highest BCUT2D eigenvalue weighted by Gasteiger charge is 2.09. The van der Waals surface area contributed by atoms with Crippen molar-refractivity contribution in [1.82, 2.24) is 5.32 Å². The molecule has 0 unspecified atom stereocenters. The lowest BCUT2D eigenvalue weighted by molar-refractivity contribution is 0.248. The zero-order chi connectivity index (χ0) is 5.11. The van der Waals surface area contributed by atoms with Crippen molar-refractivity contribution in [3.63, 3.8) is 0 Å². The average molecular weight is 99.1 g/mol. The molecule has 1 rings (SSSR count). The van der Waals surface area contributed by atoms with Crippen molar-refractivity contribution in [3.8, 4) is 0 Å². The summed E-state index contributed by atoms with van der Waals surface area (Å²) in [5.41, 5.74) is 0. The monoisotopic (exact) mass is 99.1 g/mol. The van der Waals surface area contributed by atoms with E-state index in [2.05, 4.69) is 5.32 Å². The third-order valence-corrected chi connectivity index (χ3v) is 1.08. The molecule has 0 aliphatic carbocycles. The molecule has 2 nitrogen and oxygen atoms in total. The number of piperidine rings is 1. The molecule has 0 atom stereocenters. The van der Waals surface area contributed by atoms with Crippen molar-refractivity contribution in [3.05, 3.63) is 6.10 Å². The van der Waals surface area contributed by atoms with Crippen LogP contribution in [0, 0.1) is 6.10 Å². The smallest absolute Gasteiger partial charge is 0.109 e. The van der Waals surface area contributed by atoms with Crippen LogP contribution in [0.1, 0.15) is 12.8 Å². The van der Waals surface area contributed by atoms with Crippen LogP contribution in [0.5, 0.6) is 0 Å². The molecule has 1 heterocycles. The van der Waals surface area contributed by atoms with Crippen molar-refractivity contribution in [1.29, 1.82) is 0 Å². The number of rotatable bonds is 0. The van der Waals surface area contributed by atoms with Crippen LogP contribution in [0.4, 0.5) is 0 Å². The molecule has 1 fully saturated rings. The van der Waals surface area contributed by atoms with E-state index in [1.165, 1.54) is 0 Å². The summed E-state index contributed by atoms with van der Waals surface area (Å²) in [6.45, 7) is 1.52. The molecule has 2 radical (unpaired) electrons. The van der Waals surface area contributed by atoms with Crippen molar-refractivity contribution in [2.45, 2.75) is 12.8 Å². The topological polar surface area (TPSA) is 34.3 Å². The van der Waals surface area contributed by atoms with Crippen LogP contribution in [0.25, 0.3) is 0 Å². The zero-order valence-electron chi connectivity index (χ0n) is 4.22. The van der Waals surface area contributed by atoms with Gasteiger partial charge in [-0.25, -0.2) is 5.32 Å². The second-order valence-electron chi connectivity index (χ2n) is 1.78. The number of aliphatic hydroxyl groups excluding tert-OH is 1. The fraction of sp³-hybridized carbons (Fsp3) is 0.800. The fourth-order valence-corrected chi connectivity index (χ4v) is 0.682. The molecule has 0 aromatic carbocycles. The van der Waals surface area contributed by atoms with Gasteiger partial charge in [0.1, 0.15) is 6.10 Å². The molecule has 0 aromatic heterocycles. The predicted octanol–water partition coefficient (Wildman–Crippen LogP) is 0.289. The van der Waals surface area contributed by atoms with Gasteiger partial charge in [-0.05, 0) is 12.8 Å². The van der Waals surface area contributed by atoms with Crippen LogP contribution in [0.2, 0.25) is 0 Å². The molecule has 0 saturated carbocycles. The maximum atomic E-state index is 8.73. The Labute approximate surface area is 43.5 Å². The molecule has 40 valence electrons. The van der Waals surface area contributed by atoms with E-state index in [1.54, 1.807) is 0 Å². The molecule has 0 spiro atoms. The predicted molar refractivity (Wildman–Crippen MR) is 26.3 cm³/mol. The molecular weight excluding hydrogens is 90.1 g/mol. The number of hydrogen-bond acceptors (Lipinski definition) is 1. The van der Waals surface area contributed by atoms with E-state index in [4.69, 9.17) is 5.11 Å². The first-order valence-electron chi connectivity index (χ1n) is 2.56. The first-order chi connectivity index (χ1) is 3.39. The van der Waals surface area contributed by atoms with Gasteiger partial charge in [-0.1, -0.05) is 0 Å². The van der Waals surface area contributed by atoms with Crippen LogP contribution in [0.15, 0.2) is 0 Å². The van der Waals surface area contributed by atoms with E-state index in [-0.39, 0.29) is 0 Å². The van der Waals surface area contributed by atoms with Gasteiger partial charge in [-0.2, -0.15) is 0 Å². The Morgan fingerprint density at radius 3 is 2.71 bits per heavy atom. The van der Waals surface area contributed by atoms with Crippen LogP contribution in [-0.2, 0) is 0 Å². The molecule has 0 bridgehead atoms. The van der Waals surface area contributed by atoms with Gasteiger partial charge < -0.3 is 5.11 Å². The van der Waals surface area contributed by atoms with Gasteiger partial charge in [-0.15, -0.1) is 0 Å². The summed E-state index contributed by atoms with van der Waals surface area (Å²) < 4.78 is 0. The summed E-state index contributed by atoms with van der Waals surface area (Å²) in [6, 6.07) is 0. The Balaban J connectivity index is 2.12. The summed E-state index contributed by atoms with van der Waals surface area (Å²) in [6.07, 6.45) is 2.45. The van der Waals surface area contributed by atoms with Crippen molar-refractivity contribution < 1.29 is 5.11 Å². The first-order valence-corrected chi connectivity index (χ1v) is 2.56. The molecular formula is C5H9NO. The van der Waals surface area contributed by atoms with Gasteiger partial charge in [0.2, 0.25) is 0 Å². The molecule has 7 heavy (non-hydrogen) atoms. The highest BCUT2D eigenvalue weighted by molar-refractivity contribution is 4.81. The zero-order valence-corrected chi connectivity index (χ0v) is 4.22. The van der Waals surface area contributed by atoms with Crippen LogP contribution in [-0.4, -0.2) is 18.2 Å². The van der Waals surface area contributed by atoms with E-state index >= 15 is 0 Å². The van der Waals surface area contributed by atoms with Crippen molar-refractivity contribution in [2.24, 2.45) is 0 Å². The van der Waals surface area contributed by atoms with Gasteiger partial charge in [0.05, 0.1) is 0 Å². The Morgan fingerprint density at radius 2 is 2.43 bits per heavy atom. The molecule has 2 heteroatoms. The SMILES string of the molecule is O[C]1CCC[N]C1. The lowest BCUT2D eigenvalue weighted by atomic mass is 10.1. The number of hydrogen-bond donors (Lipinski definition) is 1. The summed E-state index contributed by atoms with van der Waals surface area (Å²) in [5.74, 6) is 0. The minimum absolute atomic E-state index is 0.547. The van der Waals surface area contributed by atoms with Crippen LogP contribution >= 0.6 is 0 Å². The second kappa shape index (κ2) is 2.28. The van der Waals surface area contributed by atoms with Gasteiger partial charge in [0.15, 0.2) is 0 Å². The standard InChI is InChI=1S/C5H9NO/c7-5-2-1-3-6-4-5/h7H,1-4H2. The lowest BCUT2D eigenvalue weighted by Gasteiger charge is -2.13. The Hall–Kier alpha value is -0.0800. The molecule has 1 saturated heterocycles. The molecule has 1 aliphatic rings. The molecule has 1 N–H and O–H groups in total. The molecule has 1 aliphatic heterocycles. The van der Waals surface area contributed by atoms with Gasteiger partial charge >= 0.3 is 0 Å². The minimum Gasteiger partial charge on any atom is -0.385 e. The lowest BCUT2D eigenvalue weighted by Crippen LogP contribution is -2.21. The van der Waals surface area contributed by atoms with E-state index in [9.17, 15) is 0 Å². The molecule has 0 amide bonds. The summed E-state index contributed by atoms with van der Waals surface area (Å²) in [5, 5.41) is 12.7. The Morgan fingerprint density at radius 1 is 1.57 bits per heavy atom. The Kier molecular flexibility index (Phi) is 1.65. The highest BCUT2D eigenvalue weighted by Crippen LogP contribution is 2.07. The highest BCUT2D eigenvalue weighted by atomic mass is 16.3. The number of aliphatic hydroxyl groups is 1. The van der Waals surface area contributed by atoms with Crippen molar-refractivity contribution in [2.75, 3.05) is 13.1 Å². The third kappa shape index (κ3) is 1.45. The third-order valence-electron chi connectivity index (χ3n) is 1.08. The largest absolute Gasteiger partial charge is 0.385 e. The normalized spacial score (nSPS) is 25.3. The summed E-state index contributed by atoms with van der Waals surface area (Å²) in [4.78, 5) is 0. The average Bonchev–Trinajstić information content (AvgIpc) is 1.69. The Bertz CT molecular complexity index is 50.0. The van der Waals surface area contributed by atoms with Gasteiger partial charge in [0.25, 0.3) is 0 Å². The maximum Gasteiger partial charge on any atom is 0.109 e. The second-order valence-corrected chi connectivity index (χ2v) is 1.78.